The first-order valence-electron chi connectivity index (χ1n) is 5.82. The fourth-order valence-electron chi connectivity index (χ4n) is 1.65. The molecule has 0 radical (unpaired) electrons. The lowest BCUT2D eigenvalue weighted by atomic mass is 10.1. The Morgan fingerprint density at radius 1 is 1.00 bits per heavy atom. The predicted molar refractivity (Wildman–Crippen MR) is 78.3 cm³/mol. The highest BCUT2D eigenvalue weighted by Crippen LogP contribution is 2.14. The standard InChI is InChI=1S/C15H17N3/c1-18(2)14-7-5-12(6-8-14)3-4-13-9-10-17-15(16)11-13/h3-11H,1-2H3,(H2,16,17)/b4-3+. The van der Waals surface area contributed by atoms with Gasteiger partial charge in [-0.05, 0) is 35.4 Å². The molecule has 0 spiro atoms. The maximum Gasteiger partial charge on any atom is 0.123 e. The van der Waals surface area contributed by atoms with Gasteiger partial charge in [0.2, 0.25) is 0 Å². The van der Waals surface area contributed by atoms with E-state index in [0.717, 1.165) is 11.1 Å². The molecule has 2 N–H and O–H groups in total. The van der Waals surface area contributed by atoms with Crippen molar-refractivity contribution in [3.05, 3.63) is 53.7 Å². The van der Waals surface area contributed by atoms with Gasteiger partial charge in [0.05, 0.1) is 0 Å². The Labute approximate surface area is 108 Å². The number of aromatic nitrogens is 1. The van der Waals surface area contributed by atoms with Crippen LogP contribution in [0, 0.1) is 0 Å². The monoisotopic (exact) mass is 239 g/mol. The highest BCUT2D eigenvalue weighted by Gasteiger charge is 1.94. The molecular formula is C15H17N3. The van der Waals surface area contributed by atoms with Gasteiger partial charge in [0.15, 0.2) is 0 Å². The van der Waals surface area contributed by atoms with E-state index in [9.17, 15) is 0 Å². The molecule has 1 aromatic carbocycles. The Kier molecular flexibility index (Phi) is 3.63. The lowest BCUT2D eigenvalue weighted by Gasteiger charge is -2.11. The van der Waals surface area contributed by atoms with E-state index in [0.29, 0.717) is 5.82 Å². The summed E-state index contributed by atoms with van der Waals surface area (Å²) in [6.45, 7) is 0. The molecule has 0 bridgehead atoms. The number of hydrogen-bond donors (Lipinski definition) is 1. The Balaban J connectivity index is 2.14. The fraction of sp³-hybridized carbons (Fsp3) is 0.133. The summed E-state index contributed by atoms with van der Waals surface area (Å²) < 4.78 is 0. The molecule has 18 heavy (non-hydrogen) atoms. The molecule has 0 atom stereocenters. The molecule has 1 heterocycles. The highest BCUT2D eigenvalue weighted by molar-refractivity contribution is 5.71. The number of pyridine rings is 1. The van der Waals surface area contributed by atoms with Crippen molar-refractivity contribution >= 4 is 23.7 Å². The minimum absolute atomic E-state index is 0.542. The second kappa shape index (κ2) is 5.36. The average Bonchev–Trinajstić information content (AvgIpc) is 2.37. The molecule has 3 nitrogen and oxygen atoms in total. The second-order valence-corrected chi connectivity index (χ2v) is 4.33. The van der Waals surface area contributed by atoms with Crippen LogP contribution in [0.1, 0.15) is 11.1 Å². The van der Waals surface area contributed by atoms with Gasteiger partial charge in [0, 0.05) is 26.0 Å². The summed E-state index contributed by atoms with van der Waals surface area (Å²) in [4.78, 5) is 6.04. The summed E-state index contributed by atoms with van der Waals surface area (Å²) >= 11 is 0. The Morgan fingerprint density at radius 2 is 1.67 bits per heavy atom. The van der Waals surface area contributed by atoms with E-state index >= 15 is 0 Å². The topological polar surface area (TPSA) is 42.2 Å². The lowest BCUT2D eigenvalue weighted by molar-refractivity contribution is 1.13. The summed E-state index contributed by atoms with van der Waals surface area (Å²) in [5.41, 5.74) is 9.04. The number of nitrogen functional groups attached to an aromatic ring is 1. The van der Waals surface area contributed by atoms with E-state index in [1.54, 1.807) is 6.20 Å². The van der Waals surface area contributed by atoms with Crippen molar-refractivity contribution < 1.29 is 0 Å². The van der Waals surface area contributed by atoms with Crippen LogP contribution in [0.15, 0.2) is 42.6 Å². The minimum atomic E-state index is 0.542. The second-order valence-electron chi connectivity index (χ2n) is 4.33. The summed E-state index contributed by atoms with van der Waals surface area (Å²) in [5, 5.41) is 0. The van der Waals surface area contributed by atoms with Gasteiger partial charge in [0.1, 0.15) is 5.82 Å². The number of hydrogen-bond acceptors (Lipinski definition) is 3. The summed E-state index contributed by atoms with van der Waals surface area (Å²) in [6, 6.07) is 12.2. The van der Waals surface area contributed by atoms with Crippen LogP contribution >= 0.6 is 0 Å². The number of rotatable bonds is 3. The molecule has 1 aromatic heterocycles. The molecule has 0 unspecified atom stereocenters. The van der Waals surface area contributed by atoms with Gasteiger partial charge < -0.3 is 10.6 Å². The molecule has 0 amide bonds. The van der Waals surface area contributed by atoms with Crippen molar-refractivity contribution in [2.24, 2.45) is 0 Å². The first-order chi connectivity index (χ1) is 8.65. The number of nitrogens with zero attached hydrogens (tertiary/aromatic N) is 2. The smallest absolute Gasteiger partial charge is 0.123 e. The van der Waals surface area contributed by atoms with Gasteiger partial charge in [-0.1, -0.05) is 24.3 Å². The van der Waals surface area contributed by atoms with Gasteiger partial charge in [-0.2, -0.15) is 0 Å². The number of nitrogens with two attached hydrogens (primary N) is 1. The Morgan fingerprint density at radius 3 is 2.28 bits per heavy atom. The van der Waals surface area contributed by atoms with Crippen molar-refractivity contribution in [1.82, 2.24) is 4.98 Å². The number of benzene rings is 1. The zero-order valence-electron chi connectivity index (χ0n) is 10.7. The quantitative estimate of drug-likeness (QED) is 0.895. The molecule has 2 aromatic rings. The third-order valence-corrected chi connectivity index (χ3v) is 2.68. The van der Waals surface area contributed by atoms with Crippen LogP contribution in [0.2, 0.25) is 0 Å². The molecule has 0 saturated heterocycles. The van der Waals surface area contributed by atoms with Crippen LogP contribution in [0.5, 0.6) is 0 Å². The van der Waals surface area contributed by atoms with E-state index in [4.69, 9.17) is 5.73 Å². The van der Waals surface area contributed by atoms with E-state index in [1.807, 2.05) is 32.3 Å². The van der Waals surface area contributed by atoms with Crippen LogP contribution in [0.25, 0.3) is 12.2 Å². The molecule has 0 saturated carbocycles. The molecule has 92 valence electrons. The van der Waals surface area contributed by atoms with Crippen LogP contribution in [-0.4, -0.2) is 19.1 Å². The fourth-order valence-corrected chi connectivity index (χ4v) is 1.65. The molecule has 0 aliphatic heterocycles. The van der Waals surface area contributed by atoms with Crippen LogP contribution in [0.3, 0.4) is 0 Å². The summed E-state index contributed by atoms with van der Waals surface area (Å²) in [6.07, 6.45) is 5.81. The first kappa shape index (κ1) is 12.2. The molecule has 0 fully saturated rings. The van der Waals surface area contributed by atoms with Crippen molar-refractivity contribution in [2.45, 2.75) is 0 Å². The summed E-state index contributed by atoms with van der Waals surface area (Å²) in [7, 11) is 4.06. The molecule has 0 aliphatic rings. The third-order valence-electron chi connectivity index (χ3n) is 2.68. The van der Waals surface area contributed by atoms with Gasteiger partial charge in [-0.15, -0.1) is 0 Å². The molecule has 0 aliphatic carbocycles. The van der Waals surface area contributed by atoms with Crippen LogP contribution in [0.4, 0.5) is 11.5 Å². The first-order valence-corrected chi connectivity index (χ1v) is 5.82. The SMILES string of the molecule is CN(C)c1ccc(/C=C/c2ccnc(N)c2)cc1. The van der Waals surface area contributed by atoms with Crippen molar-refractivity contribution in [3.8, 4) is 0 Å². The largest absolute Gasteiger partial charge is 0.384 e. The Hall–Kier alpha value is -2.29. The van der Waals surface area contributed by atoms with Gasteiger partial charge >= 0.3 is 0 Å². The molecule has 3 heteroatoms. The zero-order valence-corrected chi connectivity index (χ0v) is 10.7. The van der Waals surface area contributed by atoms with Crippen LogP contribution in [-0.2, 0) is 0 Å². The highest BCUT2D eigenvalue weighted by atomic mass is 15.1. The number of anilines is 2. The van der Waals surface area contributed by atoms with Gasteiger partial charge in [-0.25, -0.2) is 4.98 Å². The maximum absolute atomic E-state index is 5.63. The zero-order chi connectivity index (χ0) is 13.0. The lowest BCUT2D eigenvalue weighted by Crippen LogP contribution is -2.07. The van der Waals surface area contributed by atoms with Crippen molar-refractivity contribution in [1.29, 1.82) is 0 Å². The van der Waals surface area contributed by atoms with E-state index in [-0.39, 0.29) is 0 Å². The van der Waals surface area contributed by atoms with Crippen molar-refractivity contribution in [3.63, 3.8) is 0 Å². The molecular weight excluding hydrogens is 222 g/mol. The molecule has 2 rings (SSSR count). The van der Waals surface area contributed by atoms with E-state index < -0.39 is 0 Å². The predicted octanol–water partition coefficient (Wildman–Crippen LogP) is 2.90. The van der Waals surface area contributed by atoms with E-state index in [2.05, 4.69) is 40.2 Å². The van der Waals surface area contributed by atoms with Crippen molar-refractivity contribution in [2.75, 3.05) is 24.7 Å². The van der Waals surface area contributed by atoms with Gasteiger partial charge in [0.25, 0.3) is 0 Å². The minimum Gasteiger partial charge on any atom is -0.384 e. The average molecular weight is 239 g/mol. The maximum atomic E-state index is 5.63. The third kappa shape index (κ3) is 3.10. The van der Waals surface area contributed by atoms with Gasteiger partial charge in [-0.3, -0.25) is 0 Å². The van der Waals surface area contributed by atoms with E-state index in [1.165, 1.54) is 5.69 Å². The summed E-state index contributed by atoms with van der Waals surface area (Å²) in [5.74, 6) is 0.542. The van der Waals surface area contributed by atoms with Crippen LogP contribution < -0.4 is 10.6 Å². The normalized spacial score (nSPS) is 10.8. The Bertz CT molecular complexity index is 542.